The van der Waals surface area contributed by atoms with Crippen molar-refractivity contribution < 1.29 is 4.74 Å². The van der Waals surface area contributed by atoms with Gasteiger partial charge in [-0.2, -0.15) is 10.2 Å². The number of rotatable bonds is 4. The SMILES string of the molecule is Cc1nnccc1Oc1cc(Sc2ccccc2)cnc1N. The molecule has 22 heavy (non-hydrogen) atoms. The zero-order valence-electron chi connectivity index (χ0n) is 11.9. The summed E-state index contributed by atoms with van der Waals surface area (Å²) in [5.41, 5.74) is 6.60. The molecule has 3 aromatic rings. The molecule has 6 heteroatoms. The van der Waals surface area contributed by atoms with Gasteiger partial charge in [0, 0.05) is 28.1 Å². The Hall–Kier alpha value is -2.60. The van der Waals surface area contributed by atoms with Crippen molar-refractivity contribution in [3.05, 3.63) is 60.6 Å². The first-order valence-corrected chi connectivity index (χ1v) is 7.48. The summed E-state index contributed by atoms with van der Waals surface area (Å²) < 4.78 is 5.81. The fourth-order valence-electron chi connectivity index (χ4n) is 1.82. The maximum atomic E-state index is 5.90. The predicted octanol–water partition coefficient (Wildman–Crippen LogP) is 3.71. The number of benzene rings is 1. The number of nitrogens with zero attached hydrogens (tertiary/aromatic N) is 3. The second-order valence-corrected chi connectivity index (χ2v) is 5.70. The molecule has 0 spiro atoms. The van der Waals surface area contributed by atoms with Gasteiger partial charge < -0.3 is 10.5 Å². The van der Waals surface area contributed by atoms with Gasteiger partial charge in [0.1, 0.15) is 5.69 Å². The summed E-state index contributed by atoms with van der Waals surface area (Å²) in [7, 11) is 0. The summed E-state index contributed by atoms with van der Waals surface area (Å²) in [6, 6.07) is 13.7. The summed E-state index contributed by atoms with van der Waals surface area (Å²) in [6.45, 7) is 1.83. The van der Waals surface area contributed by atoms with Gasteiger partial charge in [-0.25, -0.2) is 4.98 Å². The number of hydrogen-bond donors (Lipinski definition) is 1. The molecule has 0 aliphatic heterocycles. The highest BCUT2D eigenvalue weighted by atomic mass is 32.2. The van der Waals surface area contributed by atoms with Crippen LogP contribution in [0.5, 0.6) is 11.5 Å². The molecule has 0 atom stereocenters. The van der Waals surface area contributed by atoms with Gasteiger partial charge in [0.2, 0.25) is 0 Å². The topological polar surface area (TPSA) is 73.9 Å². The molecule has 2 N–H and O–H groups in total. The lowest BCUT2D eigenvalue weighted by atomic mass is 10.3. The van der Waals surface area contributed by atoms with E-state index >= 15 is 0 Å². The first-order chi connectivity index (χ1) is 10.7. The third-order valence-corrected chi connectivity index (χ3v) is 3.88. The van der Waals surface area contributed by atoms with E-state index in [-0.39, 0.29) is 0 Å². The lowest BCUT2D eigenvalue weighted by Gasteiger charge is -2.10. The van der Waals surface area contributed by atoms with Crippen LogP contribution in [-0.4, -0.2) is 15.2 Å². The molecule has 110 valence electrons. The van der Waals surface area contributed by atoms with Crippen LogP contribution in [0.25, 0.3) is 0 Å². The van der Waals surface area contributed by atoms with E-state index in [9.17, 15) is 0 Å². The molecule has 0 fully saturated rings. The minimum atomic E-state index is 0.341. The Morgan fingerprint density at radius 3 is 2.64 bits per heavy atom. The van der Waals surface area contributed by atoms with Crippen LogP contribution in [0.15, 0.2) is 64.6 Å². The van der Waals surface area contributed by atoms with Gasteiger partial charge in [-0.05, 0) is 19.1 Å². The van der Waals surface area contributed by atoms with Crippen molar-refractivity contribution in [2.24, 2.45) is 0 Å². The van der Waals surface area contributed by atoms with Crippen molar-refractivity contribution in [1.29, 1.82) is 0 Å². The van der Waals surface area contributed by atoms with Gasteiger partial charge in [-0.15, -0.1) is 0 Å². The molecule has 3 rings (SSSR count). The number of nitrogen functional groups attached to an aromatic ring is 1. The van der Waals surface area contributed by atoms with E-state index in [1.54, 1.807) is 30.2 Å². The second-order valence-electron chi connectivity index (χ2n) is 4.55. The van der Waals surface area contributed by atoms with Crippen molar-refractivity contribution in [2.45, 2.75) is 16.7 Å². The quantitative estimate of drug-likeness (QED) is 0.792. The van der Waals surface area contributed by atoms with Crippen molar-refractivity contribution in [2.75, 3.05) is 5.73 Å². The number of anilines is 1. The fraction of sp³-hybridized carbons (Fsp3) is 0.0625. The van der Waals surface area contributed by atoms with Gasteiger partial charge in [-0.1, -0.05) is 30.0 Å². The Morgan fingerprint density at radius 2 is 1.86 bits per heavy atom. The Balaban J connectivity index is 1.86. The number of aryl methyl sites for hydroxylation is 1. The molecule has 0 radical (unpaired) electrons. The van der Waals surface area contributed by atoms with Crippen molar-refractivity contribution >= 4 is 17.6 Å². The van der Waals surface area contributed by atoms with E-state index < -0.39 is 0 Å². The van der Waals surface area contributed by atoms with Gasteiger partial charge in [0.15, 0.2) is 17.3 Å². The van der Waals surface area contributed by atoms with Crippen LogP contribution in [-0.2, 0) is 0 Å². The molecule has 0 saturated heterocycles. The van der Waals surface area contributed by atoms with E-state index in [2.05, 4.69) is 15.2 Å². The third-order valence-electron chi connectivity index (χ3n) is 2.91. The van der Waals surface area contributed by atoms with E-state index in [0.29, 0.717) is 23.0 Å². The normalized spacial score (nSPS) is 10.4. The monoisotopic (exact) mass is 310 g/mol. The predicted molar refractivity (Wildman–Crippen MR) is 86.1 cm³/mol. The van der Waals surface area contributed by atoms with Crippen LogP contribution in [0.4, 0.5) is 5.82 Å². The molecule has 0 unspecified atom stereocenters. The zero-order chi connectivity index (χ0) is 15.4. The summed E-state index contributed by atoms with van der Waals surface area (Å²) in [5, 5.41) is 7.76. The Kier molecular flexibility index (Phi) is 4.20. The van der Waals surface area contributed by atoms with Crippen LogP contribution in [0.2, 0.25) is 0 Å². The van der Waals surface area contributed by atoms with E-state index in [1.165, 1.54) is 0 Å². The molecule has 0 bridgehead atoms. The van der Waals surface area contributed by atoms with Crippen molar-refractivity contribution in [3.63, 3.8) is 0 Å². The minimum Gasteiger partial charge on any atom is -0.451 e. The molecule has 0 aliphatic carbocycles. The van der Waals surface area contributed by atoms with Crippen molar-refractivity contribution in [3.8, 4) is 11.5 Å². The lowest BCUT2D eigenvalue weighted by molar-refractivity contribution is 0.472. The second kappa shape index (κ2) is 6.44. The highest BCUT2D eigenvalue weighted by Gasteiger charge is 2.09. The molecule has 1 aromatic carbocycles. The van der Waals surface area contributed by atoms with Crippen LogP contribution in [0, 0.1) is 6.92 Å². The molecule has 0 amide bonds. The molecule has 0 aliphatic rings. The lowest BCUT2D eigenvalue weighted by Crippen LogP contribution is -1.98. The first kappa shape index (κ1) is 14.3. The Bertz CT molecular complexity index is 780. The van der Waals surface area contributed by atoms with E-state index in [1.807, 2.05) is 43.3 Å². The van der Waals surface area contributed by atoms with Gasteiger partial charge >= 0.3 is 0 Å². The molecule has 2 heterocycles. The van der Waals surface area contributed by atoms with Crippen LogP contribution < -0.4 is 10.5 Å². The van der Waals surface area contributed by atoms with E-state index in [0.717, 1.165) is 9.79 Å². The minimum absolute atomic E-state index is 0.341. The van der Waals surface area contributed by atoms with Gasteiger partial charge in [-0.3, -0.25) is 0 Å². The van der Waals surface area contributed by atoms with Crippen LogP contribution >= 0.6 is 11.8 Å². The first-order valence-electron chi connectivity index (χ1n) is 6.67. The number of hydrogen-bond acceptors (Lipinski definition) is 6. The molecular weight excluding hydrogens is 296 g/mol. The number of ether oxygens (including phenoxy) is 1. The van der Waals surface area contributed by atoms with Crippen molar-refractivity contribution in [1.82, 2.24) is 15.2 Å². The Morgan fingerprint density at radius 1 is 1.05 bits per heavy atom. The molecule has 0 saturated carbocycles. The number of nitrogens with two attached hydrogens (primary N) is 1. The fourth-order valence-corrected chi connectivity index (χ4v) is 2.65. The third kappa shape index (κ3) is 3.35. The summed E-state index contributed by atoms with van der Waals surface area (Å²) in [5.74, 6) is 1.47. The van der Waals surface area contributed by atoms with Gasteiger partial charge in [0.05, 0.1) is 6.20 Å². The maximum absolute atomic E-state index is 5.90. The average molecular weight is 310 g/mol. The summed E-state index contributed by atoms with van der Waals surface area (Å²) in [6.07, 6.45) is 3.31. The van der Waals surface area contributed by atoms with Gasteiger partial charge in [0.25, 0.3) is 0 Å². The number of pyridine rings is 1. The highest BCUT2D eigenvalue weighted by molar-refractivity contribution is 7.99. The smallest absolute Gasteiger partial charge is 0.170 e. The standard InChI is InChI=1S/C16H14N4OS/c1-11-14(7-8-19-20-11)21-15-9-13(10-18-16(15)17)22-12-5-3-2-4-6-12/h2-10H,1H3,(H2,17,18). The largest absolute Gasteiger partial charge is 0.451 e. The molecule has 2 aromatic heterocycles. The molecule has 5 nitrogen and oxygen atoms in total. The maximum Gasteiger partial charge on any atom is 0.170 e. The summed E-state index contributed by atoms with van der Waals surface area (Å²) in [4.78, 5) is 6.28. The summed E-state index contributed by atoms with van der Waals surface area (Å²) >= 11 is 1.60. The number of aromatic nitrogens is 3. The van der Waals surface area contributed by atoms with Crippen LogP contribution in [0.3, 0.4) is 0 Å². The zero-order valence-corrected chi connectivity index (χ0v) is 12.7. The highest BCUT2D eigenvalue weighted by Crippen LogP contribution is 2.33. The average Bonchev–Trinajstić information content (AvgIpc) is 2.54. The molecular formula is C16H14N4OS. The van der Waals surface area contributed by atoms with E-state index in [4.69, 9.17) is 10.5 Å². The Labute approximate surface area is 132 Å². The van der Waals surface area contributed by atoms with Crippen LogP contribution in [0.1, 0.15) is 5.69 Å².